The topological polar surface area (TPSA) is 96.5 Å². The second-order valence-corrected chi connectivity index (χ2v) is 7.14. The molecule has 0 aliphatic rings. The van der Waals surface area contributed by atoms with E-state index in [1.165, 1.54) is 0 Å². The summed E-state index contributed by atoms with van der Waals surface area (Å²) in [4.78, 5) is 37.0. The fraction of sp³-hybridized carbons (Fsp3) is 0.318. The molecule has 1 unspecified atom stereocenters. The molecule has 7 nitrogen and oxygen atoms in total. The van der Waals surface area contributed by atoms with Gasteiger partial charge in [-0.1, -0.05) is 13.8 Å². The van der Waals surface area contributed by atoms with Gasteiger partial charge in [0, 0.05) is 5.56 Å². The number of benzene rings is 2. The lowest BCUT2D eigenvalue weighted by Gasteiger charge is -2.21. The molecule has 0 aromatic heterocycles. The third-order valence-corrected chi connectivity index (χ3v) is 4.40. The average molecular weight is 451 g/mol. The maximum absolute atomic E-state index is 13.7. The molecule has 172 valence electrons. The van der Waals surface area contributed by atoms with Gasteiger partial charge in [-0.15, -0.1) is 0 Å². The van der Waals surface area contributed by atoms with Crippen LogP contribution in [0.2, 0.25) is 0 Å². The first kappa shape index (κ1) is 24.7. The van der Waals surface area contributed by atoms with Crippen molar-refractivity contribution in [2.75, 3.05) is 18.5 Å². The van der Waals surface area contributed by atoms with Gasteiger partial charge in [-0.2, -0.15) is 0 Å². The van der Waals surface area contributed by atoms with Gasteiger partial charge in [0.05, 0.1) is 18.8 Å². The first-order valence-electron chi connectivity index (χ1n) is 9.88. The minimum absolute atomic E-state index is 0.312. The van der Waals surface area contributed by atoms with Crippen molar-refractivity contribution in [3.8, 4) is 5.75 Å². The van der Waals surface area contributed by atoms with E-state index in [0.29, 0.717) is 24.0 Å². The largest absolute Gasteiger partial charge is 0.494 e. The lowest BCUT2D eigenvalue weighted by Crippen LogP contribution is -2.51. The number of carbonyl (C=O) groups excluding carboxylic acids is 3. The number of rotatable bonds is 9. The van der Waals surface area contributed by atoms with E-state index in [0.717, 1.165) is 6.07 Å². The van der Waals surface area contributed by atoms with E-state index in [2.05, 4.69) is 10.6 Å². The molecule has 0 heterocycles. The van der Waals surface area contributed by atoms with Crippen LogP contribution in [0.3, 0.4) is 0 Å². The van der Waals surface area contributed by atoms with Crippen LogP contribution in [-0.2, 0) is 9.59 Å². The van der Waals surface area contributed by atoms with Crippen LogP contribution in [0.4, 0.5) is 18.9 Å². The molecule has 0 saturated carbocycles. The van der Waals surface area contributed by atoms with Crippen molar-refractivity contribution in [2.45, 2.75) is 26.8 Å². The molecule has 0 saturated heterocycles. The van der Waals surface area contributed by atoms with Gasteiger partial charge in [0.1, 0.15) is 11.8 Å². The number of ether oxygens (including phenoxy) is 1. The molecule has 2 rings (SSSR count). The highest BCUT2D eigenvalue weighted by molar-refractivity contribution is 5.99. The number of nitrogens with one attached hydrogen (secondary N) is 3. The standard InChI is InChI=1S/C22H24F3N3O4/c1-4-32-14-7-5-13(6-8-14)21(30)28-20(12(2)3)22(31)26-11-17(29)27-16-10-9-15(23)18(24)19(16)25/h5-10,12,20H,4,11H2,1-3H3,(H,26,31)(H,27,29)(H,28,30). The first-order chi connectivity index (χ1) is 15.1. The summed E-state index contributed by atoms with van der Waals surface area (Å²) in [5.41, 5.74) is -0.245. The molecule has 0 aliphatic carbocycles. The summed E-state index contributed by atoms with van der Waals surface area (Å²) in [6.07, 6.45) is 0. The molecular weight excluding hydrogens is 427 g/mol. The Morgan fingerprint density at radius 3 is 2.22 bits per heavy atom. The van der Waals surface area contributed by atoms with E-state index in [-0.39, 0.29) is 5.92 Å². The zero-order valence-corrected chi connectivity index (χ0v) is 17.8. The minimum Gasteiger partial charge on any atom is -0.494 e. The van der Waals surface area contributed by atoms with Gasteiger partial charge >= 0.3 is 0 Å². The van der Waals surface area contributed by atoms with Crippen molar-refractivity contribution in [3.05, 3.63) is 59.4 Å². The van der Waals surface area contributed by atoms with Gasteiger partial charge in [0.25, 0.3) is 5.91 Å². The zero-order chi connectivity index (χ0) is 23.8. The van der Waals surface area contributed by atoms with Crippen LogP contribution in [0, 0.1) is 23.4 Å². The Bertz CT molecular complexity index is 981. The maximum Gasteiger partial charge on any atom is 0.251 e. The third kappa shape index (κ3) is 6.47. The van der Waals surface area contributed by atoms with Crippen LogP contribution in [0.1, 0.15) is 31.1 Å². The summed E-state index contributed by atoms with van der Waals surface area (Å²) in [6.45, 7) is 5.16. The monoisotopic (exact) mass is 451 g/mol. The highest BCUT2D eigenvalue weighted by atomic mass is 19.2. The zero-order valence-electron chi connectivity index (χ0n) is 17.8. The quantitative estimate of drug-likeness (QED) is 0.511. The Morgan fingerprint density at radius 2 is 1.62 bits per heavy atom. The van der Waals surface area contributed by atoms with Crippen LogP contribution in [0.25, 0.3) is 0 Å². The van der Waals surface area contributed by atoms with Gasteiger partial charge < -0.3 is 20.7 Å². The lowest BCUT2D eigenvalue weighted by atomic mass is 10.0. The average Bonchev–Trinajstić information content (AvgIpc) is 2.76. The second-order valence-electron chi connectivity index (χ2n) is 7.14. The van der Waals surface area contributed by atoms with Gasteiger partial charge in [-0.25, -0.2) is 13.2 Å². The van der Waals surface area contributed by atoms with Crippen molar-refractivity contribution in [2.24, 2.45) is 5.92 Å². The first-order valence-corrected chi connectivity index (χ1v) is 9.88. The Morgan fingerprint density at radius 1 is 0.969 bits per heavy atom. The Hall–Kier alpha value is -3.56. The van der Waals surface area contributed by atoms with Crippen LogP contribution >= 0.6 is 0 Å². The SMILES string of the molecule is CCOc1ccc(C(=O)NC(C(=O)NCC(=O)Nc2ccc(F)c(F)c2F)C(C)C)cc1. The van der Waals surface area contributed by atoms with Gasteiger partial charge in [-0.05, 0) is 49.2 Å². The summed E-state index contributed by atoms with van der Waals surface area (Å²) >= 11 is 0. The van der Waals surface area contributed by atoms with Crippen molar-refractivity contribution in [3.63, 3.8) is 0 Å². The molecule has 0 aliphatic heterocycles. The summed E-state index contributed by atoms with van der Waals surface area (Å²) in [5.74, 6) is -6.36. The molecule has 2 aromatic carbocycles. The van der Waals surface area contributed by atoms with E-state index in [1.54, 1.807) is 38.1 Å². The maximum atomic E-state index is 13.7. The lowest BCUT2D eigenvalue weighted by molar-refractivity contribution is -0.126. The predicted molar refractivity (Wildman–Crippen MR) is 112 cm³/mol. The number of hydrogen-bond acceptors (Lipinski definition) is 4. The van der Waals surface area contributed by atoms with E-state index < -0.39 is 53.4 Å². The van der Waals surface area contributed by atoms with Gasteiger partial charge in [0.15, 0.2) is 17.5 Å². The van der Waals surface area contributed by atoms with Crippen LogP contribution in [0.5, 0.6) is 5.75 Å². The summed E-state index contributed by atoms with van der Waals surface area (Å²) < 4.78 is 45.2. The molecule has 0 fully saturated rings. The molecule has 0 radical (unpaired) electrons. The molecule has 3 N–H and O–H groups in total. The molecule has 3 amide bonds. The normalized spacial score (nSPS) is 11.6. The number of halogens is 3. The van der Waals surface area contributed by atoms with E-state index in [1.807, 2.05) is 12.2 Å². The van der Waals surface area contributed by atoms with E-state index in [9.17, 15) is 27.6 Å². The molecule has 2 aromatic rings. The smallest absolute Gasteiger partial charge is 0.251 e. The van der Waals surface area contributed by atoms with Crippen molar-refractivity contribution in [1.29, 1.82) is 0 Å². The van der Waals surface area contributed by atoms with E-state index in [4.69, 9.17) is 4.74 Å². The van der Waals surface area contributed by atoms with Gasteiger partial charge in [-0.3, -0.25) is 14.4 Å². The summed E-state index contributed by atoms with van der Waals surface area (Å²) in [6, 6.07) is 6.94. The van der Waals surface area contributed by atoms with Crippen LogP contribution in [-0.4, -0.2) is 36.9 Å². The predicted octanol–water partition coefficient (Wildman–Crippen LogP) is 3.01. The molecule has 0 spiro atoms. The van der Waals surface area contributed by atoms with E-state index >= 15 is 0 Å². The highest BCUT2D eigenvalue weighted by Gasteiger charge is 2.25. The molecule has 10 heteroatoms. The highest BCUT2D eigenvalue weighted by Crippen LogP contribution is 2.19. The van der Waals surface area contributed by atoms with Gasteiger partial charge in [0.2, 0.25) is 11.8 Å². The van der Waals surface area contributed by atoms with Crippen LogP contribution < -0.4 is 20.7 Å². The van der Waals surface area contributed by atoms with Crippen LogP contribution in [0.15, 0.2) is 36.4 Å². The number of carbonyl (C=O) groups is 3. The summed E-state index contributed by atoms with van der Waals surface area (Å²) in [5, 5.41) is 6.99. The van der Waals surface area contributed by atoms with Crippen molar-refractivity contribution in [1.82, 2.24) is 10.6 Å². The number of hydrogen-bond donors (Lipinski definition) is 3. The Balaban J connectivity index is 1.95. The Labute approximate surface area is 183 Å². The fourth-order valence-corrected chi connectivity index (χ4v) is 2.72. The van der Waals surface area contributed by atoms with Crippen molar-refractivity contribution >= 4 is 23.4 Å². The number of amides is 3. The fourth-order valence-electron chi connectivity index (χ4n) is 2.72. The molecular formula is C22H24F3N3O4. The Kier molecular flexibility index (Phi) is 8.62. The summed E-state index contributed by atoms with van der Waals surface area (Å²) in [7, 11) is 0. The third-order valence-electron chi connectivity index (χ3n) is 4.40. The molecule has 0 bridgehead atoms. The molecule has 1 atom stereocenters. The minimum atomic E-state index is -1.72. The molecule has 32 heavy (non-hydrogen) atoms. The second kappa shape index (κ2) is 11.2. The van der Waals surface area contributed by atoms with Crippen molar-refractivity contribution < 1.29 is 32.3 Å². The number of anilines is 1.